The second kappa shape index (κ2) is 5.06. The molecule has 102 valence electrons. The van der Waals surface area contributed by atoms with Crippen LogP contribution in [0.4, 0.5) is 0 Å². The Morgan fingerprint density at radius 1 is 1.29 bits per heavy atom. The lowest BCUT2D eigenvalue weighted by atomic mass is 10.1. The van der Waals surface area contributed by atoms with Gasteiger partial charge in [-0.2, -0.15) is 5.26 Å². The van der Waals surface area contributed by atoms with Gasteiger partial charge in [0, 0.05) is 0 Å². The molecule has 0 aliphatic carbocycles. The van der Waals surface area contributed by atoms with Crippen LogP contribution in [-0.2, 0) is 6.54 Å². The van der Waals surface area contributed by atoms with Crippen molar-refractivity contribution in [2.24, 2.45) is 0 Å². The third kappa shape index (κ3) is 2.32. The van der Waals surface area contributed by atoms with E-state index in [9.17, 15) is 4.79 Å². The summed E-state index contributed by atoms with van der Waals surface area (Å²) in [6.45, 7) is 0.426. The topological polar surface area (TPSA) is 91.8 Å². The Balaban J connectivity index is 2.04. The minimum absolute atomic E-state index is 0.129. The molecule has 2 aromatic carbocycles. The molecule has 0 radical (unpaired) electrons. The summed E-state index contributed by atoms with van der Waals surface area (Å²) in [5, 5.41) is 26.0. The average Bonchev–Trinajstić information content (AvgIpc) is 2.90. The molecule has 0 spiro atoms. The Bertz CT molecular complexity index is 877. The van der Waals surface area contributed by atoms with Gasteiger partial charge < -0.3 is 5.11 Å². The Morgan fingerprint density at radius 2 is 2.10 bits per heavy atom. The van der Waals surface area contributed by atoms with E-state index in [1.165, 1.54) is 6.07 Å². The maximum Gasteiger partial charge on any atom is 0.338 e. The van der Waals surface area contributed by atoms with Crippen LogP contribution in [0.1, 0.15) is 21.5 Å². The highest BCUT2D eigenvalue weighted by molar-refractivity contribution is 6.00. The first-order valence-corrected chi connectivity index (χ1v) is 6.23. The van der Waals surface area contributed by atoms with E-state index in [1.54, 1.807) is 35.0 Å². The van der Waals surface area contributed by atoms with Gasteiger partial charge in [0.1, 0.15) is 5.52 Å². The van der Waals surface area contributed by atoms with Crippen LogP contribution in [0.3, 0.4) is 0 Å². The minimum atomic E-state index is -1.03. The normalized spacial score (nSPS) is 10.4. The molecule has 0 aliphatic rings. The molecule has 1 aromatic heterocycles. The van der Waals surface area contributed by atoms with Crippen molar-refractivity contribution in [3.63, 3.8) is 0 Å². The van der Waals surface area contributed by atoms with Gasteiger partial charge in [0.25, 0.3) is 0 Å². The van der Waals surface area contributed by atoms with Gasteiger partial charge in [-0.25, -0.2) is 9.48 Å². The van der Waals surface area contributed by atoms with Crippen LogP contribution < -0.4 is 0 Å². The third-order valence-corrected chi connectivity index (χ3v) is 3.16. The molecule has 3 rings (SSSR count). The first-order valence-electron chi connectivity index (χ1n) is 6.23. The molecule has 6 heteroatoms. The number of carboxylic acids is 1. The van der Waals surface area contributed by atoms with E-state index in [0.717, 1.165) is 5.56 Å². The maximum absolute atomic E-state index is 11.2. The molecular formula is C15H10N4O2. The van der Waals surface area contributed by atoms with Crippen LogP contribution in [-0.4, -0.2) is 26.1 Å². The Kier molecular flexibility index (Phi) is 3.09. The Morgan fingerprint density at radius 3 is 2.86 bits per heavy atom. The summed E-state index contributed by atoms with van der Waals surface area (Å²) in [5.74, 6) is -1.03. The standard InChI is InChI=1S/C15H10N4O2/c16-8-10-3-1-4-11(7-10)9-19-13-6-2-5-12(15(20)21)14(13)17-18-19/h1-7H,9H2,(H,20,21). The molecule has 0 bridgehead atoms. The number of aromatic nitrogens is 3. The number of rotatable bonds is 3. The van der Waals surface area contributed by atoms with E-state index in [2.05, 4.69) is 16.4 Å². The number of aromatic carboxylic acids is 1. The van der Waals surface area contributed by atoms with Gasteiger partial charge >= 0.3 is 5.97 Å². The lowest BCUT2D eigenvalue weighted by Gasteiger charge is -2.03. The molecule has 1 heterocycles. The van der Waals surface area contributed by atoms with Crippen molar-refractivity contribution in [1.29, 1.82) is 5.26 Å². The van der Waals surface area contributed by atoms with Crippen LogP contribution >= 0.6 is 0 Å². The number of benzene rings is 2. The van der Waals surface area contributed by atoms with Gasteiger partial charge in [-0.1, -0.05) is 23.4 Å². The fourth-order valence-electron chi connectivity index (χ4n) is 2.19. The highest BCUT2D eigenvalue weighted by Crippen LogP contribution is 2.17. The molecule has 0 saturated carbocycles. The largest absolute Gasteiger partial charge is 0.478 e. The molecule has 0 amide bonds. The fraction of sp³-hybridized carbons (Fsp3) is 0.0667. The van der Waals surface area contributed by atoms with Crippen molar-refractivity contribution in [2.75, 3.05) is 0 Å². The number of carbonyl (C=O) groups is 1. The van der Waals surface area contributed by atoms with Gasteiger partial charge in [-0.05, 0) is 29.8 Å². The first kappa shape index (κ1) is 12.8. The number of hydrogen-bond donors (Lipinski definition) is 1. The van der Waals surface area contributed by atoms with E-state index < -0.39 is 5.97 Å². The molecule has 0 atom stereocenters. The molecule has 1 N–H and O–H groups in total. The van der Waals surface area contributed by atoms with Gasteiger partial charge in [0.2, 0.25) is 0 Å². The van der Waals surface area contributed by atoms with Crippen LogP contribution in [0.5, 0.6) is 0 Å². The molecular weight excluding hydrogens is 268 g/mol. The van der Waals surface area contributed by atoms with Crippen LogP contribution in [0.15, 0.2) is 42.5 Å². The zero-order valence-corrected chi connectivity index (χ0v) is 10.9. The number of hydrogen-bond acceptors (Lipinski definition) is 4. The molecule has 0 unspecified atom stereocenters. The molecule has 0 saturated heterocycles. The molecule has 6 nitrogen and oxygen atoms in total. The first-order chi connectivity index (χ1) is 10.2. The summed E-state index contributed by atoms with van der Waals surface area (Å²) in [7, 11) is 0. The lowest BCUT2D eigenvalue weighted by molar-refractivity contribution is 0.0699. The van der Waals surface area contributed by atoms with Gasteiger partial charge in [-0.3, -0.25) is 0 Å². The van der Waals surface area contributed by atoms with Gasteiger partial charge in [0.05, 0.1) is 29.3 Å². The summed E-state index contributed by atoms with van der Waals surface area (Å²) in [5.41, 5.74) is 2.62. The van der Waals surface area contributed by atoms with Gasteiger partial charge in [-0.15, -0.1) is 5.10 Å². The SMILES string of the molecule is N#Cc1cccc(Cn2nnc3c(C(=O)O)cccc32)c1. The van der Waals surface area contributed by atoms with Crippen molar-refractivity contribution in [1.82, 2.24) is 15.0 Å². The highest BCUT2D eigenvalue weighted by atomic mass is 16.4. The summed E-state index contributed by atoms with van der Waals surface area (Å²) < 4.78 is 1.62. The van der Waals surface area contributed by atoms with Crippen molar-refractivity contribution in [3.8, 4) is 6.07 Å². The van der Waals surface area contributed by atoms with Crippen LogP contribution in [0, 0.1) is 11.3 Å². The van der Waals surface area contributed by atoms with Gasteiger partial charge in [0.15, 0.2) is 0 Å². The zero-order chi connectivity index (χ0) is 14.8. The number of nitriles is 1. The zero-order valence-electron chi connectivity index (χ0n) is 10.9. The summed E-state index contributed by atoms with van der Waals surface area (Å²) in [4.78, 5) is 11.2. The van der Waals surface area contributed by atoms with E-state index >= 15 is 0 Å². The van der Waals surface area contributed by atoms with E-state index in [4.69, 9.17) is 10.4 Å². The highest BCUT2D eigenvalue weighted by Gasteiger charge is 2.13. The Labute approximate surface area is 119 Å². The summed E-state index contributed by atoms with van der Waals surface area (Å²) in [6.07, 6.45) is 0. The van der Waals surface area contributed by atoms with Crippen LogP contribution in [0.25, 0.3) is 11.0 Å². The van der Waals surface area contributed by atoms with E-state index in [-0.39, 0.29) is 5.56 Å². The minimum Gasteiger partial charge on any atom is -0.478 e. The van der Waals surface area contributed by atoms with Crippen LogP contribution in [0.2, 0.25) is 0 Å². The fourth-order valence-corrected chi connectivity index (χ4v) is 2.19. The van der Waals surface area contributed by atoms with Crippen molar-refractivity contribution < 1.29 is 9.90 Å². The monoisotopic (exact) mass is 278 g/mol. The van der Waals surface area contributed by atoms with E-state index in [0.29, 0.717) is 23.1 Å². The summed E-state index contributed by atoms with van der Waals surface area (Å²) in [6, 6.07) is 14.2. The maximum atomic E-state index is 11.2. The molecule has 0 aliphatic heterocycles. The quantitative estimate of drug-likeness (QED) is 0.791. The number of fused-ring (bicyclic) bond motifs is 1. The molecule has 0 fully saturated rings. The van der Waals surface area contributed by atoms with Crippen molar-refractivity contribution >= 4 is 17.0 Å². The number of nitrogens with zero attached hydrogens (tertiary/aromatic N) is 4. The Hall–Kier alpha value is -3.20. The second-order valence-electron chi connectivity index (χ2n) is 4.54. The average molecular weight is 278 g/mol. The summed E-state index contributed by atoms with van der Waals surface area (Å²) >= 11 is 0. The van der Waals surface area contributed by atoms with Crippen molar-refractivity contribution in [3.05, 3.63) is 59.2 Å². The number of carboxylic acid groups (broad SMARTS) is 1. The predicted molar refractivity (Wildman–Crippen MR) is 74.7 cm³/mol. The molecule has 21 heavy (non-hydrogen) atoms. The van der Waals surface area contributed by atoms with E-state index in [1.807, 2.05) is 6.07 Å². The second-order valence-corrected chi connectivity index (χ2v) is 4.54. The lowest BCUT2D eigenvalue weighted by Crippen LogP contribution is -2.02. The smallest absolute Gasteiger partial charge is 0.338 e. The molecule has 3 aromatic rings. The predicted octanol–water partition coefficient (Wildman–Crippen LogP) is 2.05. The van der Waals surface area contributed by atoms with Crippen molar-refractivity contribution in [2.45, 2.75) is 6.54 Å². The third-order valence-electron chi connectivity index (χ3n) is 3.16.